The van der Waals surface area contributed by atoms with Gasteiger partial charge in [-0.15, -0.1) is 0 Å². The Kier molecular flexibility index (Phi) is 7.50. The number of benzene rings is 2. The van der Waals surface area contributed by atoms with E-state index in [4.69, 9.17) is 19.9 Å². The van der Waals surface area contributed by atoms with Crippen molar-refractivity contribution >= 4 is 17.8 Å². The fraction of sp³-hybridized carbons (Fsp3) is 0.182. The maximum atomic E-state index is 12.2. The van der Waals surface area contributed by atoms with E-state index in [0.717, 1.165) is 0 Å². The number of nitrogens with zero attached hydrogens (tertiary/aromatic N) is 2. The van der Waals surface area contributed by atoms with Crippen LogP contribution >= 0.6 is 0 Å². The maximum Gasteiger partial charge on any atom is 0.351 e. The molecule has 2 N–H and O–H groups in total. The molecule has 1 heterocycles. The van der Waals surface area contributed by atoms with E-state index in [1.807, 2.05) is 0 Å². The van der Waals surface area contributed by atoms with E-state index in [-0.39, 0.29) is 25.8 Å². The van der Waals surface area contributed by atoms with E-state index in [2.05, 4.69) is 4.98 Å². The molecule has 0 saturated carbocycles. The quantitative estimate of drug-likeness (QED) is 0.518. The number of carbonyl (C=O) groups is 2. The van der Waals surface area contributed by atoms with Gasteiger partial charge in [0.2, 0.25) is 0 Å². The highest BCUT2D eigenvalue weighted by Crippen LogP contribution is 2.06. The highest BCUT2D eigenvalue weighted by atomic mass is 16.6. The van der Waals surface area contributed by atoms with Crippen molar-refractivity contribution in [2.75, 3.05) is 18.9 Å². The lowest BCUT2D eigenvalue weighted by Crippen LogP contribution is -2.32. The summed E-state index contributed by atoms with van der Waals surface area (Å²) in [6.07, 6.45) is 0.609. The summed E-state index contributed by atoms with van der Waals surface area (Å²) in [5.41, 5.74) is 5.63. The Bertz CT molecular complexity index is 1010. The molecule has 31 heavy (non-hydrogen) atoms. The monoisotopic (exact) mass is 423 g/mol. The first-order valence-corrected chi connectivity index (χ1v) is 9.42. The molecule has 0 aliphatic heterocycles. The Balaban J connectivity index is 1.62. The van der Waals surface area contributed by atoms with Gasteiger partial charge in [-0.3, -0.25) is 4.57 Å². The molecule has 1 aromatic heterocycles. The van der Waals surface area contributed by atoms with Crippen LogP contribution in [0.25, 0.3) is 0 Å². The molecule has 3 rings (SSSR count). The van der Waals surface area contributed by atoms with Gasteiger partial charge in [0.05, 0.1) is 11.1 Å². The SMILES string of the molecule is Nc1ccn(COC(COC(=O)c2ccccc2)COC(=O)c2ccccc2)c(=O)n1. The third-order valence-corrected chi connectivity index (χ3v) is 4.16. The summed E-state index contributed by atoms with van der Waals surface area (Å²) in [5.74, 6) is -1.00. The van der Waals surface area contributed by atoms with Crippen molar-refractivity contribution in [3.8, 4) is 0 Å². The Labute approximate surface area is 178 Å². The largest absolute Gasteiger partial charge is 0.459 e. The first kappa shape index (κ1) is 21.7. The molecule has 0 spiro atoms. The number of carbonyl (C=O) groups excluding carboxylic acids is 2. The van der Waals surface area contributed by atoms with E-state index >= 15 is 0 Å². The Morgan fingerprint density at radius 1 is 0.871 bits per heavy atom. The molecule has 0 amide bonds. The Morgan fingerprint density at radius 3 is 1.87 bits per heavy atom. The number of ether oxygens (including phenoxy) is 3. The van der Waals surface area contributed by atoms with Gasteiger partial charge in [0, 0.05) is 6.20 Å². The average molecular weight is 423 g/mol. The van der Waals surface area contributed by atoms with Crippen molar-refractivity contribution in [1.29, 1.82) is 0 Å². The summed E-state index contributed by atoms with van der Waals surface area (Å²) in [6.45, 7) is -0.567. The van der Waals surface area contributed by atoms with Crippen LogP contribution in [0.3, 0.4) is 0 Å². The van der Waals surface area contributed by atoms with Gasteiger partial charge in [-0.05, 0) is 30.3 Å². The van der Waals surface area contributed by atoms with Crippen LogP contribution in [0.2, 0.25) is 0 Å². The van der Waals surface area contributed by atoms with Crippen LogP contribution in [0.5, 0.6) is 0 Å². The summed E-state index contributed by atoms with van der Waals surface area (Å²) in [5, 5.41) is 0. The van der Waals surface area contributed by atoms with Crippen LogP contribution in [0, 0.1) is 0 Å². The van der Waals surface area contributed by atoms with Gasteiger partial charge in [0.15, 0.2) is 0 Å². The van der Waals surface area contributed by atoms with E-state index in [0.29, 0.717) is 11.1 Å². The van der Waals surface area contributed by atoms with Gasteiger partial charge in [-0.2, -0.15) is 4.98 Å². The number of hydrogen-bond donors (Lipinski definition) is 1. The molecule has 3 aromatic rings. The third-order valence-electron chi connectivity index (χ3n) is 4.16. The first-order chi connectivity index (χ1) is 15.0. The molecule has 9 nitrogen and oxygen atoms in total. The van der Waals surface area contributed by atoms with Gasteiger partial charge in [-0.1, -0.05) is 36.4 Å². The van der Waals surface area contributed by atoms with Gasteiger partial charge in [0.25, 0.3) is 0 Å². The number of hydrogen-bond acceptors (Lipinski definition) is 8. The number of nitrogens with two attached hydrogens (primary N) is 1. The average Bonchev–Trinajstić information content (AvgIpc) is 2.80. The molecular formula is C22H21N3O6. The van der Waals surface area contributed by atoms with Crippen molar-refractivity contribution < 1.29 is 23.8 Å². The minimum atomic E-state index is -0.815. The first-order valence-electron chi connectivity index (χ1n) is 9.42. The highest BCUT2D eigenvalue weighted by molar-refractivity contribution is 5.89. The smallest absolute Gasteiger partial charge is 0.351 e. The fourth-order valence-corrected chi connectivity index (χ4v) is 2.52. The van der Waals surface area contributed by atoms with E-state index in [1.54, 1.807) is 60.7 Å². The van der Waals surface area contributed by atoms with Crippen LogP contribution in [0.15, 0.2) is 77.7 Å². The molecule has 0 aliphatic rings. The molecule has 2 aromatic carbocycles. The molecule has 0 bridgehead atoms. The van der Waals surface area contributed by atoms with Crippen LogP contribution < -0.4 is 11.4 Å². The lowest BCUT2D eigenvalue weighted by molar-refractivity contribution is -0.0635. The zero-order valence-electron chi connectivity index (χ0n) is 16.5. The predicted octanol–water partition coefficient (Wildman–Crippen LogP) is 1.88. The van der Waals surface area contributed by atoms with E-state index in [1.165, 1.54) is 16.8 Å². The molecule has 0 aliphatic carbocycles. The molecular weight excluding hydrogens is 402 g/mol. The second-order valence-corrected chi connectivity index (χ2v) is 6.45. The predicted molar refractivity (Wildman–Crippen MR) is 111 cm³/mol. The van der Waals surface area contributed by atoms with Gasteiger partial charge in [0.1, 0.15) is 31.9 Å². The molecule has 0 saturated heterocycles. The van der Waals surface area contributed by atoms with E-state index in [9.17, 15) is 14.4 Å². The number of anilines is 1. The molecule has 0 unspecified atom stereocenters. The van der Waals surface area contributed by atoms with Crippen molar-refractivity contribution in [2.45, 2.75) is 12.8 Å². The lowest BCUT2D eigenvalue weighted by Gasteiger charge is -2.18. The van der Waals surface area contributed by atoms with Crippen LogP contribution in [-0.2, 0) is 20.9 Å². The second-order valence-electron chi connectivity index (χ2n) is 6.45. The number of nitrogen functional groups attached to an aromatic ring is 1. The summed E-state index contributed by atoms with van der Waals surface area (Å²) in [6, 6.07) is 18.3. The Morgan fingerprint density at radius 2 is 1.39 bits per heavy atom. The number of esters is 2. The van der Waals surface area contributed by atoms with Crippen molar-refractivity contribution in [1.82, 2.24) is 9.55 Å². The summed E-state index contributed by atoms with van der Waals surface area (Å²) in [4.78, 5) is 39.9. The molecule has 160 valence electrons. The Hall–Kier alpha value is -3.98. The summed E-state index contributed by atoms with van der Waals surface area (Å²) < 4.78 is 17.4. The molecule has 0 fully saturated rings. The minimum Gasteiger partial charge on any atom is -0.459 e. The van der Waals surface area contributed by atoms with Gasteiger partial charge >= 0.3 is 17.6 Å². The van der Waals surface area contributed by atoms with Crippen molar-refractivity contribution in [3.63, 3.8) is 0 Å². The normalized spacial score (nSPS) is 10.6. The minimum absolute atomic E-state index is 0.0892. The van der Waals surface area contributed by atoms with Crippen LogP contribution in [-0.4, -0.2) is 40.8 Å². The van der Waals surface area contributed by atoms with Crippen molar-refractivity contribution in [2.24, 2.45) is 0 Å². The summed E-state index contributed by atoms with van der Waals surface area (Å²) >= 11 is 0. The highest BCUT2D eigenvalue weighted by Gasteiger charge is 2.18. The van der Waals surface area contributed by atoms with Gasteiger partial charge in [-0.25, -0.2) is 14.4 Å². The van der Waals surface area contributed by atoms with Crippen LogP contribution in [0.1, 0.15) is 20.7 Å². The molecule has 9 heteroatoms. The van der Waals surface area contributed by atoms with Crippen molar-refractivity contribution in [3.05, 3.63) is 94.5 Å². The zero-order chi connectivity index (χ0) is 22.1. The standard InChI is InChI=1S/C22H21N3O6/c23-19-11-12-25(22(28)24-19)15-31-18(13-29-20(26)16-7-3-1-4-8-16)14-30-21(27)17-9-5-2-6-10-17/h1-12,18H,13-15H2,(H2,23,24,28). The third kappa shape index (κ3) is 6.51. The zero-order valence-corrected chi connectivity index (χ0v) is 16.5. The summed E-state index contributed by atoms with van der Waals surface area (Å²) in [7, 11) is 0. The maximum absolute atomic E-state index is 12.2. The molecule has 0 atom stereocenters. The second kappa shape index (κ2) is 10.7. The number of aromatic nitrogens is 2. The fourth-order valence-electron chi connectivity index (χ4n) is 2.52. The molecule has 0 radical (unpaired) electrons. The van der Waals surface area contributed by atoms with Gasteiger partial charge < -0.3 is 19.9 Å². The topological polar surface area (TPSA) is 123 Å². The lowest BCUT2D eigenvalue weighted by atomic mass is 10.2. The van der Waals surface area contributed by atoms with E-state index < -0.39 is 23.7 Å². The van der Waals surface area contributed by atoms with Crippen LogP contribution in [0.4, 0.5) is 5.82 Å². The number of rotatable bonds is 9.